The molecule has 1 aromatic carbocycles. The summed E-state index contributed by atoms with van der Waals surface area (Å²) in [5, 5.41) is 14.3. The van der Waals surface area contributed by atoms with Gasteiger partial charge in [0.15, 0.2) is 10.9 Å². The molecular formula is C21H23N5O2S. The number of hydrogen-bond acceptors (Lipinski definition) is 7. The number of rotatable bonds is 5. The maximum absolute atomic E-state index is 12.6. The van der Waals surface area contributed by atoms with E-state index in [1.807, 2.05) is 48.7 Å². The quantitative estimate of drug-likeness (QED) is 0.691. The van der Waals surface area contributed by atoms with Gasteiger partial charge in [-0.15, -0.1) is 21.5 Å². The number of aromatic nitrogens is 3. The Bertz CT molecular complexity index is 971. The zero-order valence-electron chi connectivity index (χ0n) is 16.5. The second-order valence-corrected chi connectivity index (χ2v) is 7.93. The molecule has 4 rings (SSSR count). The van der Waals surface area contributed by atoms with Crippen molar-refractivity contribution in [3.8, 4) is 17.0 Å². The van der Waals surface area contributed by atoms with Crippen LogP contribution in [-0.2, 0) is 4.79 Å². The number of nitrogens with one attached hydrogen (secondary N) is 1. The average Bonchev–Trinajstić information content (AvgIpc) is 3.18. The number of aryl methyl sites for hydroxylation is 1. The summed E-state index contributed by atoms with van der Waals surface area (Å²) in [6.07, 6.45) is 1.81. The van der Waals surface area contributed by atoms with Crippen molar-refractivity contribution in [2.24, 2.45) is 5.92 Å². The Kier molecular flexibility index (Phi) is 5.71. The van der Waals surface area contributed by atoms with Crippen molar-refractivity contribution in [3.05, 3.63) is 47.5 Å². The monoisotopic (exact) mass is 409 g/mol. The molecule has 8 heteroatoms. The lowest BCUT2D eigenvalue weighted by Crippen LogP contribution is -2.41. The summed E-state index contributed by atoms with van der Waals surface area (Å²) in [6.45, 7) is 3.42. The van der Waals surface area contributed by atoms with Gasteiger partial charge in [0.2, 0.25) is 5.91 Å². The van der Waals surface area contributed by atoms with Gasteiger partial charge in [-0.05, 0) is 56.2 Å². The fourth-order valence-electron chi connectivity index (χ4n) is 3.43. The fraction of sp³-hybridized carbons (Fsp3) is 0.333. The third-order valence-electron chi connectivity index (χ3n) is 5.00. The number of thiazole rings is 1. The highest BCUT2D eigenvalue weighted by Crippen LogP contribution is 2.25. The molecule has 1 fully saturated rings. The molecule has 0 spiro atoms. The van der Waals surface area contributed by atoms with Crippen LogP contribution in [0.4, 0.5) is 10.9 Å². The topological polar surface area (TPSA) is 80.2 Å². The minimum absolute atomic E-state index is 0.0202. The van der Waals surface area contributed by atoms with Crippen molar-refractivity contribution in [2.75, 3.05) is 30.4 Å². The average molecular weight is 410 g/mol. The number of amides is 1. The van der Waals surface area contributed by atoms with Gasteiger partial charge in [0, 0.05) is 24.0 Å². The summed E-state index contributed by atoms with van der Waals surface area (Å²) in [7, 11) is 1.65. The predicted molar refractivity (Wildman–Crippen MR) is 114 cm³/mol. The number of carbonyl (C=O) groups is 1. The molecule has 1 atom stereocenters. The minimum Gasteiger partial charge on any atom is -0.497 e. The van der Waals surface area contributed by atoms with E-state index >= 15 is 0 Å². The van der Waals surface area contributed by atoms with Gasteiger partial charge in [0.05, 0.1) is 24.4 Å². The van der Waals surface area contributed by atoms with Gasteiger partial charge < -0.3 is 15.0 Å². The zero-order valence-corrected chi connectivity index (χ0v) is 17.3. The smallest absolute Gasteiger partial charge is 0.231 e. The van der Waals surface area contributed by atoms with Crippen LogP contribution in [0.25, 0.3) is 11.3 Å². The molecule has 2 aromatic heterocycles. The van der Waals surface area contributed by atoms with Crippen LogP contribution in [0, 0.1) is 12.8 Å². The van der Waals surface area contributed by atoms with E-state index in [1.54, 1.807) is 7.11 Å². The van der Waals surface area contributed by atoms with Crippen LogP contribution in [0.2, 0.25) is 0 Å². The van der Waals surface area contributed by atoms with E-state index in [0.717, 1.165) is 47.9 Å². The lowest BCUT2D eigenvalue weighted by atomic mass is 9.97. The molecule has 150 valence electrons. The maximum Gasteiger partial charge on any atom is 0.231 e. The van der Waals surface area contributed by atoms with Gasteiger partial charge in [-0.3, -0.25) is 4.79 Å². The lowest BCUT2D eigenvalue weighted by Gasteiger charge is -2.32. The number of hydrogen-bond donors (Lipinski definition) is 1. The Balaban J connectivity index is 1.41. The first-order chi connectivity index (χ1) is 14.1. The van der Waals surface area contributed by atoms with E-state index < -0.39 is 0 Å². The highest BCUT2D eigenvalue weighted by molar-refractivity contribution is 7.13. The van der Waals surface area contributed by atoms with Gasteiger partial charge in [-0.2, -0.15) is 0 Å². The molecule has 29 heavy (non-hydrogen) atoms. The van der Waals surface area contributed by atoms with Crippen LogP contribution in [0.5, 0.6) is 5.75 Å². The van der Waals surface area contributed by atoms with Gasteiger partial charge in [0.25, 0.3) is 0 Å². The number of anilines is 2. The summed E-state index contributed by atoms with van der Waals surface area (Å²) < 4.78 is 5.19. The molecule has 1 aliphatic heterocycles. The standard InChI is InChI=1S/C21H23N5O2S/c1-14-13-29-21(22-14)23-20(27)16-4-3-11-26(12-16)19-10-9-18(24-25-19)15-5-7-17(28-2)8-6-15/h5-10,13,16H,3-4,11-12H2,1-2H3,(H,22,23,27). The van der Waals surface area contributed by atoms with E-state index in [1.165, 1.54) is 11.3 Å². The molecule has 1 N–H and O–H groups in total. The highest BCUT2D eigenvalue weighted by Gasteiger charge is 2.27. The Morgan fingerprint density at radius 1 is 1.21 bits per heavy atom. The molecule has 0 saturated carbocycles. The van der Waals surface area contributed by atoms with E-state index in [2.05, 4.69) is 25.4 Å². The Morgan fingerprint density at radius 3 is 2.69 bits per heavy atom. The van der Waals surface area contributed by atoms with Crippen LogP contribution in [0.15, 0.2) is 41.8 Å². The number of piperidine rings is 1. The van der Waals surface area contributed by atoms with Crippen LogP contribution < -0.4 is 15.0 Å². The fourth-order valence-corrected chi connectivity index (χ4v) is 4.12. The SMILES string of the molecule is COc1ccc(-c2ccc(N3CCCC(C(=O)Nc4nc(C)cs4)C3)nn2)cc1. The third kappa shape index (κ3) is 4.54. The highest BCUT2D eigenvalue weighted by atomic mass is 32.1. The van der Waals surface area contributed by atoms with Gasteiger partial charge in [-0.25, -0.2) is 4.98 Å². The van der Waals surface area contributed by atoms with Crippen LogP contribution in [0.3, 0.4) is 0 Å². The third-order valence-corrected chi connectivity index (χ3v) is 5.88. The number of methoxy groups -OCH3 is 1. The van der Waals surface area contributed by atoms with Crippen molar-refractivity contribution < 1.29 is 9.53 Å². The molecule has 1 saturated heterocycles. The van der Waals surface area contributed by atoms with E-state index in [-0.39, 0.29) is 11.8 Å². The Morgan fingerprint density at radius 2 is 2.03 bits per heavy atom. The van der Waals surface area contributed by atoms with Crippen molar-refractivity contribution >= 4 is 28.2 Å². The summed E-state index contributed by atoms with van der Waals surface area (Å²) in [5.74, 6) is 1.54. The Hall–Kier alpha value is -3.00. The first kappa shape index (κ1) is 19.3. The first-order valence-corrected chi connectivity index (χ1v) is 10.5. The molecule has 0 bridgehead atoms. The van der Waals surface area contributed by atoms with Gasteiger partial charge in [-0.1, -0.05) is 0 Å². The van der Waals surface area contributed by atoms with Gasteiger partial charge in [0.1, 0.15) is 5.75 Å². The van der Waals surface area contributed by atoms with Crippen molar-refractivity contribution in [3.63, 3.8) is 0 Å². The molecule has 7 nitrogen and oxygen atoms in total. The molecule has 1 aliphatic rings. The first-order valence-electron chi connectivity index (χ1n) is 9.58. The molecule has 3 heterocycles. The normalized spacial score (nSPS) is 16.5. The number of benzene rings is 1. The molecule has 1 unspecified atom stereocenters. The zero-order chi connectivity index (χ0) is 20.2. The van der Waals surface area contributed by atoms with Crippen LogP contribution >= 0.6 is 11.3 Å². The van der Waals surface area contributed by atoms with Gasteiger partial charge >= 0.3 is 0 Å². The largest absolute Gasteiger partial charge is 0.497 e. The summed E-state index contributed by atoms with van der Waals surface area (Å²) >= 11 is 1.45. The van der Waals surface area contributed by atoms with E-state index in [9.17, 15) is 4.79 Å². The van der Waals surface area contributed by atoms with Crippen molar-refractivity contribution in [2.45, 2.75) is 19.8 Å². The second kappa shape index (κ2) is 8.57. The van der Waals surface area contributed by atoms with Crippen LogP contribution in [-0.4, -0.2) is 41.3 Å². The minimum atomic E-state index is -0.0870. The predicted octanol–water partition coefficient (Wildman–Crippen LogP) is 3.77. The number of nitrogens with zero attached hydrogens (tertiary/aromatic N) is 4. The number of carbonyl (C=O) groups excluding carboxylic acids is 1. The van der Waals surface area contributed by atoms with Crippen molar-refractivity contribution in [1.29, 1.82) is 0 Å². The van der Waals surface area contributed by atoms with E-state index in [4.69, 9.17) is 4.74 Å². The molecular weight excluding hydrogens is 386 g/mol. The molecule has 3 aromatic rings. The lowest BCUT2D eigenvalue weighted by molar-refractivity contribution is -0.120. The maximum atomic E-state index is 12.6. The summed E-state index contributed by atoms with van der Waals surface area (Å²) in [5.41, 5.74) is 2.71. The Labute approximate surface area is 173 Å². The molecule has 0 radical (unpaired) electrons. The summed E-state index contributed by atoms with van der Waals surface area (Å²) in [4.78, 5) is 19.1. The van der Waals surface area contributed by atoms with Crippen LogP contribution in [0.1, 0.15) is 18.5 Å². The number of ether oxygens (including phenoxy) is 1. The molecule has 0 aliphatic carbocycles. The molecule has 1 amide bonds. The van der Waals surface area contributed by atoms with Crippen molar-refractivity contribution in [1.82, 2.24) is 15.2 Å². The second-order valence-electron chi connectivity index (χ2n) is 7.07. The van der Waals surface area contributed by atoms with E-state index in [0.29, 0.717) is 11.7 Å². The summed E-state index contributed by atoms with van der Waals surface area (Å²) in [6, 6.07) is 11.7.